The van der Waals surface area contributed by atoms with E-state index in [1.807, 2.05) is 6.07 Å². The Bertz CT molecular complexity index is 806. The molecule has 138 valence electrons. The number of amides is 1. The van der Waals surface area contributed by atoms with Gasteiger partial charge in [0.1, 0.15) is 5.82 Å². The maximum absolute atomic E-state index is 13.7. The van der Waals surface area contributed by atoms with Crippen LogP contribution in [0.3, 0.4) is 0 Å². The van der Waals surface area contributed by atoms with Gasteiger partial charge in [0, 0.05) is 11.1 Å². The van der Waals surface area contributed by atoms with Gasteiger partial charge in [-0.1, -0.05) is 31.5 Å². The minimum Gasteiger partial charge on any atom is -0.493 e. The predicted molar refractivity (Wildman–Crippen MR) is 102 cm³/mol. The number of rotatable bonds is 7. The molecule has 0 atom stereocenters. The summed E-state index contributed by atoms with van der Waals surface area (Å²) in [6, 6.07) is 9.42. The monoisotopic (exact) mass is 377 g/mol. The molecule has 2 aromatic rings. The summed E-state index contributed by atoms with van der Waals surface area (Å²) in [5.41, 5.74) is 0.824. The summed E-state index contributed by atoms with van der Waals surface area (Å²) >= 11 is 5.69. The third kappa shape index (κ3) is 5.77. The Morgan fingerprint density at radius 1 is 1.23 bits per heavy atom. The molecule has 0 aliphatic heterocycles. The Morgan fingerprint density at radius 2 is 2.00 bits per heavy atom. The number of anilines is 1. The first-order valence-electron chi connectivity index (χ1n) is 8.14. The van der Waals surface area contributed by atoms with E-state index in [4.69, 9.17) is 21.1 Å². The number of benzene rings is 2. The molecule has 0 bridgehead atoms. The number of carbonyl (C=O) groups excluding carboxylic acids is 1. The van der Waals surface area contributed by atoms with Crippen molar-refractivity contribution in [1.82, 2.24) is 0 Å². The highest BCUT2D eigenvalue weighted by molar-refractivity contribution is 6.30. The quantitative estimate of drug-likeness (QED) is 0.677. The second kappa shape index (κ2) is 9.25. The lowest BCUT2D eigenvalue weighted by Gasteiger charge is -2.12. The van der Waals surface area contributed by atoms with Crippen LogP contribution < -0.4 is 14.8 Å². The largest absolute Gasteiger partial charge is 0.493 e. The first-order valence-corrected chi connectivity index (χ1v) is 8.51. The summed E-state index contributed by atoms with van der Waals surface area (Å²) < 4.78 is 24.7. The molecular formula is C20H21ClFNO3. The topological polar surface area (TPSA) is 47.6 Å². The van der Waals surface area contributed by atoms with Crippen LogP contribution >= 0.6 is 11.6 Å². The fourth-order valence-corrected chi connectivity index (χ4v) is 2.26. The molecule has 0 aliphatic carbocycles. The summed E-state index contributed by atoms with van der Waals surface area (Å²) in [7, 11) is 1.56. The average Bonchev–Trinajstić information content (AvgIpc) is 2.60. The van der Waals surface area contributed by atoms with E-state index in [9.17, 15) is 9.18 Å². The zero-order valence-electron chi connectivity index (χ0n) is 14.9. The molecule has 26 heavy (non-hydrogen) atoms. The fourth-order valence-electron chi connectivity index (χ4n) is 2.10. The number of halogens is 2. The van der Waals surface area contributed by atoms with Crippen LogP contribution in [0.5, 0.6) is 11.5 Å². The van der Waals surface area contributed by atoms with Crippen LogP contribution in [0.25, 0.3) is 6.08 Å². The minimum absolute atomic E-state index is 0.0686. The Balaban J connectivity index is 2.05. The molecule has 6 heteroatoms. The van der Waals surface area contributed by atoms with Crippen LogP contribution in [0.4, 0.5) is 10.1 Å². The maximum Gasteiger partial charge on any atom is 0.248 e. The molecule has 0 aliphatic rings. The van der Waals surface area contributed by atoms with E-state index in [2.05, 4.69) is 19.2 Å². The van der Waals surface area contributed by atoms with Crippen LogP contribution in [-0.2, 0) is 4.79 Å². The summed E-state index contributed by atoms with van der Waals surface area (Å²) in [5.74, 6) is 0.581. The molecule has 0 aromatic heterocycles. The third-order valence-electron chi connectivity index (χ3n) is 3.38. The van der Waals surface area contributed by atoms with Crippen molar-refractivity contribution in [3.63, 3.8) is 0 Å². The molecule has 1 N–H and O–H groups in total. The molecule has 0 saturated heterocycles. The van der Waals surface area contributed by atoms with Crippen LogP contribution in [-0.4, -0.2) is 19.6 Å². The second-order valence-electron chi connectivity index (χ2n) is 6.06. The minimum atomic E-state index is -0.590. The van der Waals surface area contributed by atoms with Gasteiger partial charge in [-0.2, -0.15) is 0 Å². The molecule has 4 nitrogen and oxygen atoms in total. The van der Waals surface area contributed by atoms with Gasteiger partial charge in [-0.15, -0.1) is 0 Å². The van der Waals surface area contributed by atoms with Crippen LogP contribution in [0.1, 0.15) is 19.4 Å². The zero-order chi connectivity index (χ0) is 19.1. The Morgan fingerprint density at radius 3 is 2.65 bits per heavy atom. The van der Waals surface area contributed by atoms with Gasteiger partial charge in [0.15, 0.2) is 11.5 Å². The van der Waals surface area contributed by atoms with Gasteiger partial charge in [0.05, 0.1) is 19.4 Å². The van der Waals surface area contributed by atoms with Gasteiger partial charge in [0.2, 0.25) is 5.91 Å². The number of ether oxygens (including phenoxy) is 2. The highest BCUT2D eigenvalue weighted by Gasteiger charge is 2.07. The highest BCUT2D eigenvalue weighted by atomic mass is 35.5. The summed E-state index contributed by atoms with van der Waals surface area (Å²) in [6.45, 7) is 4.71. The fraction of sp³-hybridized carbons (Fsp3) is 0.250. The van der Waals surface area contributed by atoms with E-state index in [1.54, 1.807) is 25.3 Å². The molecule has 0 unspecified atom stereocenters. The van der Waals surface area contributed by atoms with Gasteiger partial charge in [-0.3, -0.25) is 4.79 Å². The predicted octanol–water partition coefficient (Wildman–Crippen LogP) is 5.17. The lowest BCUT2D eigenvalue weighted by atomic mass is 10.2. The number of nitrogens with one attached hydrogen (secondary N) is 1. The highest BCUT2D eigenvalue weighted by Crippen LogP contribution is 2.29. The smallest absolute Gasteiger partial charge is 0.248 e. The normalized spacial score (nSPS) is 11.0. The molecule has 0 radical (unpaired) electrons. The van der Waals surface area contributed by atoms with Crippen molar-refractivity contribution in [3.8, 4) is 11.5 Å². The summed E-state index contributed by atoms with van der Waals surface area (Å²) in [4.78, 5) is 12.0. The summed E-state index contributed by atoms with van der Waals surface area (Å²) in [6.07, 6.45) is 2.93. The molecule has 0 spiro atoms. The van der Waals surface area contributed by atoms with E-state index in [-0.39, 0.29) is 10.7 Å². The van der Waals surface area contributed by atoms with E-state index < -0.39 is 11.7 Å². The van der Waals surface area contributed by atoms with E-state index >= 15 is 0 Å². The van der Waals surface area contributed by atoms with Gasteiger partial charge in [0.25, 0.3) is 0 Å². The number of hydrogen-bond donors (Lipinski definition) is 1. The number of carbonyl (C=O) groups is 1. The standard InChI is InChI=1S/C20H21ClFNO3/c1-13(2)12-26-18-8-4-14(10-19(18)25-3)5-9-20(24)23-17-7-6-15(21)11-16(17)22/h4-11,13H,12H2,1-3H3,(H,23,24)/b9-5+. The van der Waals surface area contributed by atoms with Gasteiger partial charge in [-0.25, -0.2) is 4.39 Å². The van der Waals surface area contributed by atoms with E-state index in [0.29, 0.717) is 24.0 Å². The zero-order valence-corrected chi connectivity index (χ0v) is 15.6. The van der Waals surface area contributed by atoms with Crippen molar-refractivity contribution in [2.45, 2.75) is 13.8 Å². The van der Waals surface area contributed by atoms with Crippen molar-refractivity contribution < 1.29 is 18.7 Å². The van der Waals surface area contributed by atoms with Crippen molar-refractivity contribution in [2.24, 2.45) is 5.92 Å². The number of methoxy groups -OCH3 is 1. The van der Waals surface area contributed by atoms with Crippen LogP contribution in [0, 0.1) is 11.7 Å². The SMILES string of the molecule is COc1cc(/C=C/C(=O)Nc2ccc(Cl)cc2F)ccc1OCC(C)C. The van der Waals surface area contributed by atoms with Crippen molar-refractivity contribution >= 4 is 29.3 Å². The Kier molecular flexibility index (Phi) is 7.04. The first kappa shape index (κ1) is 19.8. The number of hydrogen-bond acceptors (Lipinski definition) is 3. The van der Waals surface area contributed by atoms with Crippen molar-refractivity contribution in [3.05, 3.63) is 58.9 Å². The molecule has 2 aromatic carbocycles. The first-order chi connectivity index (χ1) is 12.4. The second-order valence-corrected chi connectivity index (χ2v) is 6.50. The molecule has 2 rings (SSSR count). The van der Waals surface area contributed by atoms with Crippen LogP contribution in [0.2, 0.25) is 5.02 Å². The Labute approximate surface area is 157 Å². The lowest BCUT2D eigenvalue weighted by Crippen LogP contribution is -2.09. The Hall–Kier alpha value is -2.53. The summed E-state index contributed by atoms with van der Waals surface area (Å²) in [5, 5.41) is 2.73. The molecule has 1 amide bonds. The van der Waals surface area contributed by atoms with Crippen LogP contribution in [0.15, 0.2) is 42.5 Å². The van der Waals surface area contributed by atoms with Gasteiger partial charge in [-0.05, 0) is 47.9 Å². The molecule has 0 fully saturated rings. The van der Waals surface area contributed by atoms with E-state index in [0.717, 1.165) is 11.6 Å². The van der Waals surface area contributed by atoms with Crippen molar-refractivity contribution in [1.29, 1.82) is 0 Å². The molecule has 0 saturated carbocycles. The molecule has 0 heterocycles. The third-order valence-corrected chi connectivity index (χ3v) is 3.61. The van der Waals surface area contributed by atoms with Gasteiger partial charge < -0.3 is 14.8 Å². The average molecular weight is 378 g/mol. The van der Waals surface area contributed by atoms with Gasteiger partial charge >= 0.3 is 0 Å². The van der Waals surface area contributed by atoms with Crippen molar-refractivity contribution in [2.75, 3.05) is 19.0 Å². The van der Waals surface area contributed by atoms with E-state index in [1.165, 1.54) is 18.2 Å². The maximum atomic E-state index is 13.7. The lowest BCUT2D eigenvalue weighted by molar-refractivity contribution is -0.111. The molecular weight excluding hydrogens is 357 g/mol.